The van der Waals surface area contributed by atoms with Crippen LogP contribution in [0.2, 0.25) is 0 Å². The normalized spacial score (nSPS) is 18.5. The van der Waals surface area contributed by atoms with E-state index in [1.54, 1.807) is 0 Å². The van der Waals surface area contributed by atoms with Crippen LogP contribution < -0.4 is 0 Å². The first-order valence-electron chi connectivity index (χ1n) is 5.42. The van der Waals surface area contributed by atoms with Gasteiger partial charge < -0.3 is 10.1 Å². The molecule has 0 amide bonds. The van der Waals surface area contributed by atoms with Gasteiger partial charge in [0.15, 0.2) is 0 Å². The second kappa shape index (κ2) is 3.40. The Balaban J connectivity index is 2.33. The van der Waals surface area contributed by atoms with Crippen LogP contribution in [-0.4, -0.2) is 16.1 Å². The van der Waals surface area contributed by atoms with Gasteiger partial charge in [0.2, 0.25) is 0 Å². The predicted octanol–water partition coefficient (Wildman–Crippen LogP) is 2.53. The van der Waals surface area contributed by atoms with Crippen LogP contribution in [0.5, 0.6) is 0 Å². The average molecular weight is 207 g/mol. The predicted molar refractivity (Wildman–Crippen MR) is 58.0 cm³/mol. The molecule has 1 aliphatic rings. The van der Waals surface area contributed by atoms with Crippen molar-refractivity contribution in [3.05, 3.63) is 23.0 Å². The number of aryl methyl sites for hydroxylation is 2. The summed E-state index contributed by atoms with van der Waals surface area (Å²) in [4.78, 5) is 14.2. The molecule has 3 nitrogen and oxygen atoms in total. The molecule has 1 heterocycles. The summed E-state index contributed by atoms with van der Waals surface area (Å²) in [5.74, 6) is -0.687. The number of H-pyrrole nitrogens is 1. The number of aromatic nitrogens is 1. The van der Waals surface area contributed by atoms with Gasteiger partial charge in [-0.1, -0.05) is 6.42 Å². The average Bonchev–Trinajstić information content (AvgIpc) is 2.38. The fraction of sp³-hybridized carbons (Fsp3) is 0.583. The number of carbonyl (C=O) groups is 1. The molecule has 2 rings (SSSR count). The van der Waals surface area contributed by atoms with Crippen molar-refractivity contribution in [2.75, 3.05) is 0 Å². The van der Waals surface area contributed by atoms with E-state index in [9.17, 15) is 4.79 Å². The highest BCUT2D eigenvalue weighted by Gasteiger charge is 2.42. The van der Waals surface area contributed by atoms with Crippen molar-refractivity contribution in [3.8, 4) is 0 Å². The number of carboxylic acids is 1. The number of rotatable bonds is 3. The van der Waals surface area contributed by atoms with Crippen LogP contribution >= 0.6 is 0 Å². The molecular formula is C12H17NO2. The van der Waals surface area contributed by atoms with Crippen LogP contribution in [0, 0.1) is 13.8 Å². The van der Waals surface area contributed by atoms with E-state index < -0.39 is 5.97 Å². The summed E-state index contributed by atoms with van der Waals surface area (Å²) in [7, 11) is 0. The smallest absolute Gasteiger partial charge is 0.304 e. The number of hydrogen-bond acceptors (Lipinski definition) is 1. The first kappa shape index (κ1) is 10.3. The summed E-state index contributed by atoms with van der Waals surface area (Å²) in [5, 5.41) is 8.96. The number of aliphatic carboxylic acids is 1. The monoisotopic (exact) mass is 207 g/mol. The minimum Gasteiger partial charge on any atom is -0.481 e. The summed E-state index contributed by atoms with van der Waals surface area (Å²) < 4.78 is 0. The van der Waals surface area contributed by atoms with Gasteiger partial charge in [0.05, 0.1) is 6.42 Å². The van der Waals surface area contributed by atoms with Crippen LogP contribution in [0.15, 0.2) is 6.07 Å². The second-order valence-electron chi connectivity index (χ2n) is 4.70. The van der Waals surface area contributed by atoms with Crippen molar-refractivity contribution in [1.29, 1.82) is 0 Å². The van der Waals surface area contributed by atoms with E-state index in [1.807, 2.05) is 13.8 Å². The molecule has 2 N–H and O–H groups in total. The highest BCUT2D eigenvalue weighted by Crippen LogP contribution is 2.47. The molecular weight excluding hydrogens is 190 g/mol. The molecule has 82 valence electrons. The van der Waals surface area contributed by atoms with Gasteiger partial charge in [-0.05, 0) is 38.3 Å². The summed E-state index contributed by atoms with van der Waals surface area (Å²) >= 11 is 0. The largest absolute Gasteiger partial charge is 0.481 e. The lowest BCUT2D eigenvalue weighted by atomic mass is 9.62. The van der Waals surface area contributed by atoms with Gasteiger partial charge in [-0.2, -0.15) is 0 Å². The number of carboxylic acid groups (broad SMARTS) is 1. The molecule has 1 aliphatic carbocycles. The first-order chi connectivity index (χ1) is 7.03. The molecule has 0 aliphatic heterocycles. The molecule has 0 spiro atoms. The highest BCUT2D eigenvalue weighted by atomic mass is 16.4. The van der Waals surface area contributed by atoms with Gasteiger partial charge in [0.25, 0.3) is 0 Å². The third kappa shape index (κ3) is 1.66. The molecule has 0 unspecified atom stereocenters. The van der Waals surface area contributed by atoms with Gasteiger partial charge in [-0.3, -0.25) is 4.79 Å². The minimum absolute atomic E-state index is 0.0827. The van der Waals surface area contributed by atoms with Gasteiger partial charge in [0.1, 0.15) is 0 Å². The standard InChI is InChI=1S/C12H17NO2/c1-8-6-10(9(2)13-8)12(4-3-5-12)7-11(14)15/h6,13H,3-5,7H2,1-2H3,(H,14,15). The Morgan fingerprint density at radius 2 is 2.20 bits per heavy atom. The van der Waals surface area contributed by atoms with Crippen LogP contribution in [0.3, 0.4) is 0 Å². The van der Waals surface area contributed by atoms with E-state index in [4.69, 9.17) is 5.11 Å². The van der Waals surface area contributed by atoms with Crippen molar-refractivity contribution in [2.24, 2.45) is 0 Å². The molecule has 0 radical (unpaired) electrons. The van der Waals surface area contributed by atoms with Gasteiger partial charge in [-0.25, -0.2) is 0 Å². The number of hydrogen-bond donors (Lipinski definition) is 2. The third-order valence-corrected chi connectivity index (χ3v) is 3.52. The molecule has 15 heavy (non-hydrogen) atoms. The zero-order chi connectivity index (χ0) is 11.1. The Kier molecular flexibility index (Phi) is 2.33. The summed E-state index contributed by atoms with van der Waals surface area (Å²) in [6.45, 7) is 4.05. The molecule has 1 aromatic heterocycles. The summed E-state index contributed by atoms with van der Waals surface area (Å²) in [6.07, 6.45) is 3.44. The molecule has 1 aromatic rings. The second-order valence-corrected chi connectivity index (χ2v) is 4.70. The Bertz CT molecular complexity index is 388. The Morgan fingerprint density at radius 3 is 2.53 bits per heavy atom. The number of aromatic amines is 1. The molecule has 1 fully saturated rings. The Labute approximate surface area is 89.5 Å². The van der Waals surface area contributed by atoms with Crippen molar-refractivity contribution >= 4 is 5.97 Å². The minimum atomic E-state index is -0.687. The third-order valence-electron chi connectivity index (χ3n) is 3.52. The maximum Gasteiger partial charge on any atom is 0.304 e. The van der Waals surface area contributed by atoms with Crippen LogP contribution in [0.25, 0.3) is 0 Å². The van der Waals surface area contributed by atoms with Crippen LogP contribution in [0.1, 0.15) is 42.6 Å². The Morgan fingerprint density at radius 1 is 1.53 bits per heavy atom. The van der Waals surface area contributed by atoms with Crippen molar-refractivity contribution in [1.82, 2.24) is 4.98 Å². The maximum absolute atomic E-state index is 10.9. The molecule has 0 atom stereocenters. The van der Waals surface area contributed by atoms with E-state index >= 15 is 0 Å². The highest BCUT2D eigenvalue weighted by molar-refractivity contribution is 5.69. The summed E-state index contributed by atoms with van der Waals surface area (Å²) in [6, 6.07) is 2.11. The first-order valence-corrected chi connectivity index (χ1v) is 5.42. The number of nitrogens with one attached hydrogen (secondary N) is 1. The Hall–Kier alpha value is -1.25. The van der Waals surface area contributed by atoms with Gasteiger partial charge in [-0.15, -0.1) is 0 Å². The van der Waals surface area contributed by atoms with Gasteiger partial charge >= 0.3 is 5.97 Å². The quantitative estimate of drug-likeness (QED) is 0.800. The zero-order valence-corrected chi connectivity index (χ0v) is 9.26. The topological polar surface area (TPSA) is 53.1 Å². The molecule has 0 saturated heterocycles. The SMILES string of the molecule is Cc1cc(C2(CC(=O)O)CCC2)c(C)[nH]1. The fourth-order valence-electron chi connectivity index (χ4n) is 2.71. The van der Waals surface area contributed by atoms with E-state index in [0.717, 1.165) is 30.7 Å². The van der Waals surface area contributed by atoms with Crippen molar-refractivity contribution < 1.29 is 9.90 Å². The van der Waals surface area contributed by atoms with E-state index in [0.29, 0.717) is 0 Å². The van der Waals surface area contributed by atoms with Crippen molar-refractivity contribution in [3.63, 3.8) is 0 Å². The van der Waals surface area contributed by atoms with Gasteiger partial charge in [0, 0.05) is 16.8 Å². The van der Waals surface area contributed by atoms with E-state index in [1.165, 1.54) is 5.56 Å². The molecule has 1 saturated carbocycles. The van der Waals surface area contributed by atoms with Crippen LogP contribution in [-0.2, 0) is 10.2 Å². The lowest BCUT2D eigenvalue weighted by molar-refractivity contribution is -0.139. The lowest BCUT2D eigenvalue weighted by Crippen LogP contribution is -2.36. The van der Waals surface area contributed by atoms with E-state index in [2.05, 4.69) is 11.1 Å². The molecule has 0 aromatic carbocycles. The van der Waals surface area contributed by atoms with Crippen molar-refractivity contribution in [2.45, 2.75) is 44.9 Å². The molecule has 0 bridgehead atoms. The molecule has 3 heteroatoms. The maximum atomic E-state index is 10.9. The lowest BCUT2D eigenvalue weighted by Gasteiger charge is -2.41. The zero-order valence-electron chi connectivity index (χ0n) is 9.26. The summed E-state index contributed by atoms with van der Waals surface area (Å²) in [5.41, 5.74) is 3.39. The van der Waals surface area contributed by atoms with E-state index in [-0.39, 0.29) is 11.8 Å². The van der Waals surface area contributed by atoms with Crippen LogP contribution in [0.4, 0.5) is 0 Å². The fourth-order valence-corrected chi connectivity index (χ4v) is 2.71.